The van der Waals surface area contributed by atoms with Gasteiger partial charge in [0.05, 0.1) is 6.04 Å². The molecule has 2 aromatic rings. The summed E-state index contributed by atoms with van der Waals surface area (Å²) in [6.07, 6.45) is 0.932. The molecule has 0 aliphatic rings. The van der Waals surface area contributed by atoms with Crippen molar-refractivity contribution in [3.63, 3.8) is 0 Å². The predicted molar refractivity (Wildman–Crippen MR) is 78.7 cm³/mol. The standard InChI is InChI=1S/C15H20N2S/c1-10-4-5-11(2)13(6-10)7-15(17-16)14-9-18-8-12(14)3/h4-6,8-9,15,17H,7,16H2,1-3H3. The van der Waals surface area contributed by atoms with E-state index >= 15 is 0 Å². The minimum absolute atomic E-state index is 0.191. The highest BCUT2D eigenvalue weighted by Crippen LogP contribution is 2.25. The van der Waals surface area contributed by atoms with Gasteiger partial charge in [0.25, 0.3) is 0 Å². The molecule has 1 heterocycles. The van der Waals surface area contributed by atoms with Gasteiger partial charge in [-0.3, -0.25) is 11.3 Å². The first-order chi connectivity index (χ1) is 8.61. The quantitative estimate of drug-likeness (QED) is 0.653. The van der Waals surface area contributed by atoms with Gasteiger partial charge in [-0.1, -0.05) is 23.8 Å². The fourth-order valence-corrected chi connectivity index (χ4v) is 3.13. The molecule has 0 aliphatic carbocycles. The Bertz CT molecular complexity index is 531. The van der Waals surface area contributed by atoms with E-state index in [0.717, 1.165) is 6.42 Å². The third-order valence-electron chi connectivity index (χ3n) is 3.40. The number of rotatable bonds is 4. The molecule has 2 nitrogen and oxygen atoms in total. The molecule has 96 valence electrons. The van der Waals surface area contributed by atoms with Crippen molar-refractivity contribution in [3.05, 3.63) is 56.8 Å². The Morgan fingerprint density at radius 3 is 2.56 bits per heavy atom. The van der Waals surface area contributed by atoms with E-state index < -0.39 is 0 Å². The molecule has 0 amide bonds. The molecule has 0 radical (unpaired) electrons. The summed E-state index contributed by atoms with van der Waals surface area (Å²) >= 11 is 1.73. The van der Waals surface area contributed by atoms with Crippen molar-refractivity contribution >= 4 is 11.3 Å². The van der Waals surface area contributed by atoms with Crippen LogP contribution in [0.3, 0.4) is 0 Å². The Balaban J connectivity index is 2.26. The lowest BCUT2D eigenvalue weighted by atomic mass is 9.95. The number of benzene rings is 1. The molecule has 0 fully saturated rings. The second kappa shape index (κ2) is 5.65. The third-order valence-corrected chi connectivity index (χ3v) is 4.28. The predicted octanol–water partition coefficient (Wildman–Crippen LogP) is 3.42. The van der Waals surface area contributed by atoms with Crippen LogP contribution in [0.2, 0.25) is 0 Å². The van der Waals surface area contributed by atoms with Crippen molar-refractivity contribution in [2.75, 3.05) is 0 Å². The number of hydrogen-bond acceptors (Lipinski definition) is 3. The van der Waals surface area contributed by atoms with Gasteiger partial charge >= 0.3 is 0 Å². The van der Waals surface area contributed by atoms with E-state index in [1.807, 2.05) is 0 Å². The highest BCUT2D eigenvalue weighted by atomic mass is 32.1. The van der Waals surface area contributed by atoms with Gasteiger partial charge in [0.2, 0.25) is 0 Å². The molecule has 1 atom stereocenters. The van der Waals surface area contributed by atoms with Crippen molar-refractivity contribution in [1.82, 2.24) is 5.43 Å². The van der Waals surface area contributed by atoms with Crippen LogP contribution >= 0.6 is 11.3 Å². The normalized spacial score (nSPS) is 12.7. The SMILES string of the molecule is Cc1ccc(C)c(CC(NN)c2cscc2C)c1. The first kappa shape index (κ1) is 13.3. The maximum atomic E-state index is 5.72. The molecular weight excluding hydrogens is 240 g/mol. The highest BCUT2D eigenvalue weighted by molar-refractivity contribution is 7.08. The maximum absolute atomic E-state index is 5.72. The second-order valence-electron chi connectivity index (χ2n) is 4.86. The molecule has 1 aromatic heterocycles. The zero-order chi connectivity index (χ0) is 13.1. The smallest absolute Gasteiger partial charge is 0.0511 e. The van der Waals surface area contributed by atoms with E-state index in [0.29, 0.717) is 0 Å². The molecular formula is C15H20N2S. The Hall–Kier alpha value is -1.16. The molecule has 1 unspecified atom stereocenters. The first-order valence-corrected chi connectivity index (χ1v) is 7.11. The Morgan fingerprint density at radius 1 is 1.17 bits per heavy atom. The van der Waals surface area contributed by atoms with E-state index in [4.69, 9.17) is 5.84 Å². The maximum Gasteiger partial charge on any atom is 0.0511 e. The number of nitrogens with two attached hydrogens (primary N) is 1. The summed E-state index contributed by atoms with van der Waals surface area (Å²) in [6.45, 7) is 6.42. The van der Waals surface area contributed by atoms with Crippen LogP contribution in [0.4, 0.5) is 0 Å². The lowest BCUT2D eigenvalue weighted by molar-refractivity contribution is 0.550. The zero-order valence-corrected chi connectivity index (χ0v) is 12.0. The summed E-state index contributed by atoms with van der Waals surface area (Å²) < 4.78 is 0. The fourth-order valence-electron chi connectivity index (χ4n) is 2.23. The average molecular weight is 260 g/mol. The Labute approximate surface area is 113 Å². The van der Waals surface area contributed by atoms with E-state index in [-0.39, 0.29) is 6.04 Å². The number of aryl methyl sites for hydroxylation is 3. The minimum Gasteiger partial charge on any atom is -0.271 e. The molecule has 3 N–H and O–H groups in total. The third kappa shape index (κ3) is 2.80. The van der Waals surface area contributed by atoms with Crippen molar-refractivity contribution in [2.24, 2.45) is 5.84 Å². The molecule has 1 aromatic carbocycles. The Kier molecular flexibility index (Phi) is 4.17. The van der Waals surface area contributed by atoms with Gasteiger partial charge in [0.1, 0.15) is 0 Å². The van der Waals surface area contributed by atoms with Crippen molar-refractivity contribution in [2.45, 2.75) is 33.2 Å². The summed E-state index contributed by atoms with van der Waals surface area (Å²) in [5.41, 5.74) is 9.56. The van der Waals surface area contributed by atoms with Crippen molar-refractivity contribution in [3.8, 4) is 0 Å². The minimum atomic E-state index is 0.191. The van der Waals surface area contributed by atoms with Crippen LogP contribution in [-0.4, -0.2) is 0 Å². The molecule has 0 spiro atoms. The molecule has 2 rings (SSSR count). The summed E-state index contributed by atoms with van der Waals surface area (Å²) in [5, 5.41) is 4.35. The van der Waals surface area contributed by atoms with Gasteiger partial charge in [-0.15, -0.1) is 0 Å². The number of nitrogens with one attached hydrogen (secondary N) is 1. The monoisotopic (exact) mass is 260 g/mol. The van der Waals surface area contributed by atoms with Gasteiger partial charge in [-0.2, -0.15) is 11.3 Å². The van der Waals surface area contributed by atoms with Crippen molar-refractivity contribution < 1.29 is 0 Å². The number of thiophene rings is 1. The summed E-state index contributed by atoms with van der Waals surface area (Å²) in [4.78, 5) is 0. The molecule has 0 aliphatic heterocycles. The lowest BCUT2D eigenvalue weighted by Gasteiger charge is -2.18. The van der Waals surface area contributed by atoms with Gasteiger partial charge in [-0.25, -0.2) is 0 Å². The van der Waals surface area contributed by atoms with Gasteiger partial charge in [0.15, 0.2) is 0 Å². The number of hydrazine groups is 1. The van der Waals surface area contributed by atoms with E-state index in [1.54, 1.807) is 11.3 Å². The van der Waals surface area contributed by atoms with E-state index in [2.05, 4.69) is 55.2 Å². The van der Waals surface area contributed by atoms with Crippen LogP contribution in [0.5, 0.6) is 0 Å². The van der Waals surface area contributed by atoms with E-state index in [9.17, 15) is 0 Å². The largest absolute Gasteiger partial charge is 0.271 e. The summed E-state index contributed by atoms with van der Waals surface area (Å²) in [5.74, 6) is 5.72. The molecule has 18 heavy (non-hydrogen) atoms. The summed E-state index contributed by atoms with van der Waals surface area (Å²) in [7, 11) is 0. The van der Waals surface area contributed by atoms with Gasteiger partial charge < -0.3 is 0 Å². The van der Waals surface area contributed by atoms with Gasteiger partial charge in [0, 0.05) is 0 Å². The van der Waals surface area contributed by atoms with Crippen LogP contribution < -0.4 is 11.3 Å². The topological polar surface area (TPSA) is 38.0 Å². The molecule has 3 heteroatoms. The highest BCUT2D eigenvalue weighted by Gasteiger charge is 2.14. The lowest BCUT2D eigenvalue weighted by Crippen LogP contribution is -2.29. The van der Waals surface area contributed by atoms with Crippen LogP contribution in [0.1, 0.15) is 33.9 Å². The van der Waals surface area contributed by atoms with E-state index in [1.165, 1.54) is 27.8 Å². The van der Waals surface area contributed by atoms with Crippen molar-refractivity contribution in [1.29, 1.82) is 0 Å². The zero-order valence-electron chi connectivity index (χ0n) is 11.2. The average Bonchev–Trinajstić information content (AvgIpc) is 2.77. The summed E-state index contributed by atoms with van der Waals surface area (Å²) in [6, 6.07) is 6.77. The molecule has 0 saturated carbocycles. The first-order valence-electron chi connectivity index (χ1n) is 6.16. The molecule has 0 saturated heterocycles. The molecule has 0 bridgehead atoms. The number of hydrogen-bond donors (Lipinski definition) is 2. The van der Waals surface area contributed by atoms with Gasteiger partial charge in [-0.05, 0) is 60.2 Å². The van der Waals surface area contributed by atoms with Crippen LogP contribution in [0, 0.1) is 20.8 Å². The Morgan fingerprint density at radius 2 is 1.94 bits per heavy atom. The second-order valence-corrected chi connectivity index (χ2v) is 5.61. The van der Waals surface area contributed by atoms with Crippen LogP contribution in [-0.2, 0) is 6.42 Å². The van der Waals surface area contributed by atoms with Crippen LogP contribution in [0.15, 0.2) is 29.0 Å². The fraction of sp³-hybridized carbons (Fsp3) is 0.333. The van der Waals surface area contributed by atoms with Crippen LogP contribution in [0.25, 0.3) is 0 Å².